The number of aliphatic hydroxyl groups excluding tert-OH is 1. The zero-order valence-electron chi connectivity index (χ0n) is 12.3. The van der Waals surface area contributed by atoms with E-state index in [1.807, 2.05) is 0 Å². The Morgan fingerprint density at radius 3 is 2.67 bits per heavy atom. The molecule has 1 aromatic rings. The summed E-state index contributed by atoms with van der Waals surface area (Å²) in [5.41, 5.74) is 0.632. The monoisotopic (exact) mass is 292 g/mol. The number of carbonyl (C=O) groups is 1. The zero-order chi connectivity index (χ0) is 15.6. The maximum atomic E-state index is 12.6. The summed E-state index contributed by atoms with van der Waals surface area (Å²) < 4.78 is 0. The van der Waals surface area contributed by atoms with E-state index in [1.54, 1.807) is 20.0 Å². The molecule has 1 aliphatic rings. The first-order valence-electron chi connectivity index (χ1n) is 7.12. The Hall–Kier alpha value is -1.95. The topological polar surface area (TPSA) is 83.7 Å². The van der Waals surface area contributed by atoms with Crippen LogP contribution in [0.15, 0.2) is 18.2 Å². The summed E-state index contributed by atoms with van der Waals surface area (Å²) in [4.78, 5) is 24.6. The Morgan fingerprint density at radius 1 is 1.38 bits per heavy atom. The molecule has 0 saturated heterocycles. The van der Waals surface area contributed by atoms with Crippen LogP contribution in [0.25, 0.3) is 0 Å². The molecule has 0 spiro atoms. The van der Waals surface area contributed by atoms with E-state index in [4.69, 9.17) is 0 Å². The number of hydrogen-bond acceptors (Lipinski definition) is 4. The number of hydrogen-bond donors (Lipinski definition) is 1. The molecule has 21 heavy (non-hydrogen) atoms. The van der Waals surface area contributed by atoms with Crippen molar-refractivity contribution in [2.45, 2.75) is 44.8 Å². The summed E-state index contributed by atoms with van der Waals surface area (Å²) in [6.45, 7) is 1.58. The van der Waals surface area contributed by atoms with Gasteiger partial charge in [-0.25, -0.2) is 0 Å². The lowest BCUT2D eigenvalue weighted by Crippen LogP contribution is -2.46. The maximum Gasteiger partial charge on any atom is 0.273 e. The normalized spacial score (nSPS) is 21.9. The van der Waals surface area contributed by atoms with Crippen LogP contribution in [0.5, 0.6) is 0 Å². The first kappa shape index (κ1) is 15.4. The molecule has 1 fully saturated rings. The molecule has 6 nitrogen and oxygen atoms in total. The maximum absolute atomic E-state index is 12.6. The van der Waals surface area contributed by atoms with Gasteiger partial charge in [-0.2, -0.15) is 0 Å². The van der Waals surface area contributed by atoms with Crippen molar-refractivity contribution in [2.75, 3.05) is 7.05 Å². The summed E-state index contributed by atoms with van der Waals surface area (Å²) >= 11 is 0. The molecule has 6 heteroatoms. The van der Waals surface area contributed by atoms with E-state index >= 15 is 0 Å². The van der Waals surface area contributed by atoms with Crippen molar-refractivity contribution < 1.29 is 14.8 Å². The van der Waals surface area contributed by atoms with E-state index in [0.717, 1.165) is 19.3 Å². The van der Waals surface area contributed by atoms with Gasteiger partial charge in [0.05, 0.1) is 17.1 Å². The molecule has 0 heterocycles. The van der Waals surface area contributed by atoms with Crippen molar-refractivity contribution >= 4 is 11.6 Å². The molecule has 1 aliphatic carbocycles. The minimum absolute atomic E-state index is 0.0570. The molecule has 0 aliphatic heterocycles. The molecule has 0 radical (unpaired) electrons. The van der Waals surface area contributed by atoms with Gasteiger partial charge in [0.25, 0.3) is 11.6 Å². The number of amides is 1. The Labute approximate surface area is 123 Å². The Kier molecular flexibility index (Phi) is 4.57. The van der Waals surface area contributed by atoms with E-state index in [0.29, 0.717) is 17.5 Å². The number of benzene rings is 1. The van der Waals surface area contributed by atoms with Crippen molar-refractivity contribution in [3.05, 3.63) is 39.4 Å². The van der Waals surface area contributed by atoms with E-state index in [9.17, 15) is 20.0 Å². The van der Waals surface area contributed by atoms with Gasteiger partial charge in [-0.15, -0.1) is 0 Å². The molecule has 1 saturated carbocycles. The van der Waals surface area contributed by atoms with Gasteiger partial charge in [0.15, 0.2) is 0 Å². The lowest BCUT2D eigenvalue weighted by atomic mass is 9.91. The van der Waals surface area contributed by atoms with Crippen molar-refractivity contribution in [1.82, 2.24) is 4.90 Å². The molecule has 1 amide bonds. The largest absolute Gasteiger partial charge is 0.391 e. The summed E-state index contributed by atoms with van der Waals surface area (Å²) in [6, 6.07) is 4.28. The molecule has 114 valence electrons. The smallest absolute Gasteiger partial charge is 0.273 e. The highest BCUT2D eigenvalue weighted by Gasteiger charge is 2.31. The first-order valence-corrected chi connectivity index (χ1v) is 7.12. The number of nitrogens with zero attached hydrogens (tertiary/aromatic N) is 2. The molecule has 0 aromatic heterocycles. The van der Waals surface area contributed by atoms with Crippen molar-refractivity contribution in [3.8, 4) is 0 Å². The van der Waals surface area contributed by atoms with Gasteiger partial charge in [-0.1, -0.05) is 18.9 Å². The van der Waals surface area contributed by atoms with Crippen LogP contribution in [0.3, 0.4) is 0 Å². The highest BCUT2D eigenvalue weighted by molar-refractivity contribution is 5.96. The predicted molar refractivity (Wildman–Crippen MR) is 78.2 cm³/mol. The molecular formula is C15H20N2O4. The van der Waals surface area contributed by atoms with Gasteiger partial charge >= 0.3 is 0 Å². The Morgan fingerprint density at radius 2 is 2.05 bits per heavy atom. The lowest BCUT2D eigenvalue weighted by molar-refractivity contribution is -0.385. The minimum Gasteiger partial charge on any atom is -0.391 e. The third kappa shape index (κ3) is 3.05. The fourth-order valence-electron chi connectivity index (χ4n) is 2.94. The van der Waals surface area contributed by atoms with Crippen LogP contribution in [0.4, 0.5) is 5.69 Å². The predicted octanol–water partition coefficient (Wildman–Crippen LogP) is 2.28. The van der Waals surface area contributed by atoms with Crippen LogP contribution in [0.2, 0.25) is 0 Å². The van der Waals surface area contributed by atoms with E-state index in [-0.39, 0.29) is 17.6 Å². The van der Waals surface area contributed by atoms with Gasteiger partial charge < -0.3 is 10.0 Å². The summed E-state index contributed by atoms with van der Waals surface area (Å²) in [5.74, 6) is -0.276. The standard InChI is InChI=1S/C15H20N2O4/c1-10-11(6-5-8-12(10)17(20)21)15(19)16(2)13-7-3-4-9-14(13)18/h5-6,8,13-14,18H,3-4,7,9H2,1-2H3. The number of carbonyl (C=O) groups excluding carboxylic acids is 1. The van der Waals surface area contributed by atoms with E-state index < -0.39 is 11.0 Å². The number of nitro groups is 1. The first-order chi connectivity index (χ1) is 9.93. The van der Waals surface area contributed by atoms with Crippen LogP contribution in [0.1, 0.15) is 41.6 Å². The van der Waals surface area contributed by atoms with Crippen LogP contribution in [-0.4, -0.2) is 40.0 Å². The van der Waals surface area contributed by atoms with E-state index in [1.165, 1.54) is 17.0 Å². The van der Waals surface area contributed by atoms with Crippen LogP contribution in [0, 0.1) is 17.0 Å². The molecule has 2 atom stereocenters. The van der Waals surface area contributed by atoms with Crippen LogP contribution < -0.4 is 0 Å². The van der Waals surface area contributed by atoms with Gasteiger partial charge in [0, 0.05) is 24.2 Å². The highest BCUT2D eigenvalue weighted by Crippen LogP contribution is 2.26. The molecule has 0 bridgehead atoms. The van der Waals surface area contributed by atoms with Crippen LogP contribution >= 0.6 is 0 Å². The van der Waals surface area contributed by atoms with Gasteiger partial charge in [-0.3, -0.25) is 14.9 Å². The SMILES string of the molecule is Cc1c(C(=O)N(C)C2CCCCC2O)cccc1[N+](=O)[O-]. The number of aliphatic hydroxyl groups is 1. The van der Waals surface area contributed by atoms with Gasteiger partial charge in [0.1, 0.15) is 0 Å². The molecule has 1 N–H and O–H groups in total. The summed E-state index contributed by atoms with van der Waals surface area (Å²) in [5, 5.41) is 21.0. The number of rotatable bonds is 3. The summed E-state index contributed by atoms with van der Waals surface area (Å²) in [6.07, 6.45) is 2.88. The molecule has 1 aromatic carbocycles. The molecule has 2 unspecified atom stereocenters. The van der Waals surface area contributed by atoms with Crippen molar-refractivity contribution in [3.63, 3.8) is 0 Å². The zero-order valence-corrected chi connectivity index (χ0v) is 12.3. The fourth-order valence-corrected chi connectivity index (χ4v) is 2.94. The second kappa shape index (κ2) is 6.22. The minimum atomic E-state index is -0.522. The highest BCUT2D eigenvalue weighted by atomic mass is 16.6. The van der Waals surface area contributed by atoms with E-state index in [2.05, 4.69) is 0 Å². The second-order valence-corrected chi connectivity index (χ2v) is 5.54. The van der Waals surface area contributed by atoms with Crippen molar-refractivity contribution in [2.24, 2.45) is 0 Å². The average Bonchev–Trinajstić information content (AvgIpc) is 2.46. The lowest BCUT2D eigenvalue weighted by Gasteiger charge is -2.35. The number of likely N-dealkylation sites (N-methyl/N-ethyl adjacent to an activating group) is 1. The second-order valence-electron chi connectivity index (χ2n) is 5.54. The third-order valence-corrected chi connectivity index (χ3v) is 4.24. The Balaban J connectivity index is 2.27. The van der Waals surface area contributed by atoms with Gasteiger partial charge in [0.2, 0.25) is 0 Å². The van der Waals surface area contributed by atoms with Crippen LogP contribution in [-0.2, 0) is 0 Å². The third-order valence-electron chi connectivity index (χ3n) is 4.24. The van der Waals surface area contributed by atoms with Gasteiger partial charge in [-0.05, 0) is 25.8 Å². The number of nitro benzene ring substituents is 1. The average molecular weight is 292 g/mol. The van der Waals surface area contributed by atoms with Crippen molar-refractivity contribution in [1.29, 1.82) is 0 Å². The molecule has 2 rings (SSSR count). The molecular weight excluding hydrogens is 272 g/mol. The fraction of sp³-hybridized carbons (Fsp3) is 0.533. The summed E-state index contributed by atoms with van der Waals surface area (Å²) in [7, 11) is 1.65. The quantitative estimate of drug-likeness (QED) is 0.684. The Bertz CT molecular complexity index is 559.